The van der Waals surface area contributed by atoms with Crippen LogP contribution < -0.4 is 5.32 Å². The second-order valence-corrected chi connectivity index (χ2v) is 7.77. The van der Waals surface area contributed by atoms with E-state index < -0.39 is 0 Å². The first-order valence-corrected chi connectivity index (χ1v) is 9.60. The Morgan fingerprint density at radius 1 is 1.28 bits per heavy atom. The van der Waals surface area contributed by atoms with Gasteiger partial charge < -0.3 is 9.88 Å². The van der Waals surface area contributed by atoms with Gasteiger partial charge in [0.25, 0.3) is 0 Å². The molecule has 1 saturated heterocycles. The van der Waals surface area contributed by atoms with Gasteiger partial charge in [0.15, 0.2) is 0 Å². The molecule has 1 aliphatic rings. The Kier molecular flexibility index (Phi) is 6.27. The third-order valence-electron chi connectivity index (χ3n) is 5.38. The molecule has 0 unspecified atom stereocenters. The van der Waals surface area contributed by atoms with Gasteiger partial charge in [0, 0.05) is 50.0 Å². The maximum absolute atomic E-state index is 4.31. The van der Waals surface area contributed by atoms with Crippen molar-refractivity contribution in [2.24, 2.45) is 11.8 Å². The third-order valence-corrected chi connectivity index (χ3v) is 5.38. The van der Waals surface area contributed by atoms with Crippen molar-refractivity contribution in [2.45, 2.75) is 45.8 Å². The molecule has 25 heavy (non-hydrogen) atoms. The Morgan fingerprint density at radius 3 is 2.92 bits per heavy atom. The van der Waals surface area contributed by atoms with Crippen LogP contribution in [-0.2, 0) is 13.1 Å². The first-order chi connectivity index (χ1) is 12.1. The van der Waals surface area contributed by atoms with Crippen LogP contribution in [0.2, 0.25) is 0 Å². The van der Waals surface area contributed by atoms with E-state index in [4.69, 9.17) is 0 Å². The number of hydrogen-bond donors (Lipinski definition) is 1. The summed E-state index contributed by atoms with van der Waals surface area (Å²) in [5.41, 5.74) is 2.74. The average Bonchev–Trinajstić information content (AvgIpc) is 3.20. The maximum Gasteiger partial charge on any atom is 0.0401 e. The van der Waals surface area contributed by atoms with E-state index in [1.807, 2.05) is 18.5 Å². The molecule has 0 saturated carbocycles. The van der Waals surface area contributed by atoms with Crippen molar-refractivity contribution in [2.75, 3.05) is 20.1 Å². The van der Waals surface area contributed by atoms with Crippen LogP contribution in [0.5, 0.6) is 0 Å². The molecule has 0 spiro atoms. The normalized spacial score (nSPS) is 21.3. The van der Waals surface area contributed by atoms with Crippen LogP contribution >= 0.6 is 0 Å². The van der Waals surface area contributed by atoms with Crippen LogP contribution in [0.1, 0.15) is 44.0 Å². The topological polar surface area (TPSA) is 33.1 Å². The van der Waals surface area contributed by atoms with Gasteiger partial charge in [-0.15, -0.1) is 0 Å². The lowest BCUT2D eigenvalue weighted by molar-refractivity contribution is 0.271. The van der Waals surface area contributed by atoms with Gasteiger partial charge in [0.2, 0.25) is 0 Å². The van der Waals surface area contributed by atoms with Crippen molar-refractivity contribution in [3.63, 3.8) is 0 Å². The lowest BCUT2D eigenvalue weighted by Crippen LogP contribution is -2.29. The lowest BCUT2D eigenvalue weighted by atomic mass is 9.95. The predicted molar refractivity (Wildman–Crippen MR) is 103 cm³/mol. The molecule has 1 fully saturated rings. The molecule has 3 heterocycles. The number of aryl methyl sites for hydroxylation is 1. The van der Waals surface area contributed by atoms with Gasteiger partial charge in [-0.2, -0.15) is 0 Å². The van der Waals surface area contributed by atoms with Gasteiger partial charge in [-0.05, 0) is 62.0 Å². The second kappa shape index (κ2) is 8.63. The smallest absolute Gasteiger partial charge is 0.0401 e. The maximum atomic E-state index is 4.31. The molecule has 2 aromatic heterocycles. The summed E-state index contributed by atoms with van der Waals surface area (Å²) < 4.78 is 2.40. The molecule has 2 atom stereocenters. The van der Waals surface area contributed by atoms with E-state index in [1.54, 1.807) is 0 Å². The number of likely N-dealkylation sites (tertiary alicyclic amines) is 1. The second-order valence-electron chi connectivity index (χ2n) is 7.77. The molecule has 4 nitrogen and oxygen atoms in total. The molecule has 1 aliphatic heterocycles. The summed E-state index contributed by atoms with van der Waals surface area (Å²) in [5, 5.41) is 3.71. The number of rotatable bonds is 8. The summed E-state index contributed by atoms with van der Waals surface area (Å²) >= 11 is 0. The Morgan fingerprint density at radius 2 is 2.16 bits per heavy atom. The Bertz CT molecular complexity index is 634. The third kappa shape index (κ3) is 4.71. The Hall–Kier alpha value is -1.65. The van der Waals surface area contributed by atoms with Crippen molar-refractivity contribution in [3.8, 4) is 0 Å². The molecule has 2 aromatic rings. The quantitative estimate of drug-likeness (QED) is 0.795. The van der Waals surface area contributed by atoms with E-state index in [9.17, 15) is 0 Å². The van der Waals surface area contributed by atoms with E-state index in [-0.39, 0.29) is 0 Å². The molecular weight excluding hydrogens is 308 g/mol. The highest BCUT2D eigenvalue weighted by Crippen LogP contribution is 2.35. The summed E-state index contributed by atoms with van der Waals surface area (Å²) in [6.07, 6.45) is 8.57. The van der Waals surface area contributed by atoms with E-state index in [2.05, 4.69) is 65.1 Å². The van der Waals surface area contributed by atoms with Crippen LogP contribution in [-0.4, -0.2) is 34.6 Å². The fourth-order valence-corrected chi connectivity index (χ4v) is 3.93. The predicted octanol–water partition coefficient (Wildman–Crippen LogP) is 3.71. The number of hydrogen-bond acceptors (Lipinski definition) is 3. The van der Waals surface area contributed by atoms with E-state index in [0.717, 1.165) is 32.1 Å². The summed E-state index contributed by atoms with van der Waals surface area (Å²) in [4.78, 5) is 6.78. The SMILES string of the molecule is CC(C)CCn1cccc1CNC[C@@H]1CCN(C)[C@H]1c1cccnc1. The fraction of sp³-hybridized carbons (Fsp3) is 0.571. The first-order valence-electron chi connectivity index (χ1n) is 9.60. The van der Waals surface area contributed by atoms with Crippen molar-refractivity contribution in [3.05, 3.63) is 54.1 Å². The zero-order valence-electron chi connectivity index (χ0n) is 15.9. The number of aromatic nitrogens is 2. The molecule has 136 valence electrons. The molecule has 0 amide bonds. The summed E-state index contributed by atoms with van der Waals surface area (Å²) in [7, 11) is 2.23. The molecule has 0 radical (unpaired) electrons. The van der Waals surface area contributed by atoms with E-state index in [0.29, 0.717) is 12.0 Å². The van der Waals surface area contributed by atoms with E-state index >= 15 is 0 Å². The summed E-state index contributed by atoms with van der Waals surface area (Å²) in [6, 6.07) is 9.15. The first kappa shape index (κ1) is 18.2. The zero-order valence-corrected chi connectivity index (χ0v) is 15.9. The van der Waals surface area contributed by atoms with Gasteiger partial charge in [-0.3, -0.25) is 9.88 Å². The molecule has 0 aromatic carbocycles. The van der Waals surface area contributed by atoms with Gasteiger partial charge in [0.1, 0.15) is 0 Å². The molecular formula is C21H32N4. The fourth-order valence-electron chi connectivity index (χ4n) is 3.93. The van der Waals surface area contributed by atoms with Crippen LogP contribution in [0.4, 0.5) is 0 Å². The lowest BCUT2D eigenvalue weighted by Gasteiger charge is -2.25. The Balaban J connectivity index is 1.54. The van der Waals surface area contributed by atoms with Crippen LogP contribution in [0, 0.1) is 11.8 Å². The van der Waals surface area contributed by atoms with Gasteiger partial charge in [-0.1, -0.05) is 19.9 Å². The van der Waals surface area contributed by atoms with Crippen molar-refractivity contribution in [1.29, 1.82) is 0 Å². The molecule has 4 heteroatoms. The molecule has 3 rings (SSSR count). The number of nitrogens with zero attached hydrogens (tertiary/aromatic N) is 3. The standard InChI is InChI=1S/C21H32N4/c1-17(2)8-13-25-11-5-7-20(25)16-23-15-19-9-12-24(3)21(19)18-6-4-10-22-14-18/h4-7,10-11,14,17,19,21,23H,8-9,12-13,15-16H2,1-3H3/t19-,21-/m0/s1. The van der Waals surface area contributed by atoms with Crippen LogP contribution in [0.3, 0.4) is 0 Å². The van der Waals surface area contributed by atoms with Crippen LogP contribution in [0.25, 0.3) is 0 Å². The minimum atomic E-state index is 0.480. The highest BCUT2D eigenvalue weighted by Gasteiger charge is 2.32. The molecule has 0 aliphatic carbocycles. The number of nitrogens with one attached hydrogen (secondary N) is 1. The van der Waals surface area contributed by atoms with E-state index in [1.165, 1.54) is 24.1 Å². The summed E-state index contributed by atoms with van der Waals surface area (Å²) in [6.45, 7) is 8.86. The molecule has 1 N–H and O–H groups in total. The zero-order chi connectivity index (χ0) is 17.6. The van der Waals surface area contributed by atoms with Crippen molar-refractivity contribution < 1.29 is 0 Å². The molecule has 0 bridgehead atoms. The Labute approximate surface area is 152 Å². The number of pyridine rings is 1. The van der Waals surface area contributed by atoms with Gasteiger partial charge in [0.05, 0.1) is 0 Å². The van der Waals surface area contributed by atoms with Gasteiger partial charge in [-0.25, -0.2) is 0 Å². The summed E-state index contributed by atoms with van der Waals surface area (Å²) in [5.74, 6) is 1.39. The monoisotopic (exact) mass is 340 g/mol. The average molecular weight is 341 g/mol. The van der Waals surface area contributed by atoms with Gasteiger partial charge >= 0.3 is 0 Å². The van der Waals surface area contributed by atoms with Crippen LogP contribution in [0.15, 0.2) is 42.9 Å². The largest absolute Gasteiger partial charge is 0.350 e. The van der Waals surface area contributed by atoms with Crippen molar-refractivity contribution >= 4 is 0 Å². The minimum absolute atomic E-state index is 0.480. The minimum Gasteiger partial charge on any atom is -0.350 e. The van der Waals surface area contributed by atoms with Crippen molar-refractivity contribution in [1.82, 2.24) is 19.8 Å². The highest BCUT2D eigenvalue weighted by molar-refractivity contribution is 5.17. The highest BCUT2D eigenvalue weighted by atomic mass is 15.2.